The van der Waals surface area contributed by atoms with Crippen LogP contribution in [0.1, 0.15) is 27.9 Å². The maximum atomic E-state index is 12.7. The molecule has 21 heavy (non-hydrogen) atoms. The van der Waals surface area contributed by atoms with Crippen LogP contribution < -0.4 is 4.74 Å². The lowest BCUT2D eigenvalue weighted by molar-refractivity contribution is 0.103. The van der Waals surface area contributed by atoms with Crippen LogP contribution in [0.5, 0.6) is 11.5 Å². The Kier molecular flexibility index (Phi) is 3.48. The van der Waals surface area contributed by atoms with Gasteiger partial charge in [-0.25, -0.2) is 0 Å². The summed E-state index contributed by atoms with van der Waals surface area (Å²) in [6, 6.07) is 12.5. The summed E-state index contributed by atoms with van der Waals surface area (Å²) in [7, 11) is 0. The van der Waals surface area contributed by atoms with Gasteiger partial charge in [0.05, 0.1) is 12.2 Å². The molecule has 0 spiro atoms. The number of rotatable bonds is 1. The highest BCUT2D eigenvalue weighted by atomic mass is 16.5. The summed E-state index contributed by atoms with van der Waals surface area (Å²) in [5.41, 5.74) is 3.10. The zero-order valence-corrected chi connectivity index (χ0v) is 11.8. The average Bonchev–Trinajstić information content (AvgIpc) is 2.61. The molecule has 2 aromatic carbocycles. The van der Waals surface area contributed by atoms with Gasteiger partial charge < -0.3 is 9.84 Å². The second-order valence-electron chi connectivity index (χ2n) is 5.14. The Hall–Kier alpha value is -2.55. The molecule has 0 radical (unpaired) electrons. The molecule has 1 aliphatic rings. The molecule has 0 aromatic heterocycles. The standard InChI is InChI=1S/C18H16O3/c1-12-4-2-7-16-17(20)14(8-9-21-18(12)16)10-13-5-3-6-15(19)11-13/h2-7,10-11,19H,8-9H2,1H3/b14-10-. The fourth-order valence-electron chi connectivity index (χ4n) is 2.53. The Labute approximate surface area is 123 Å². The van der Waals surface area contributed by atoms with Gasteiger partial charge in [0.2, 0.25) is 0 Å². The first-order valence-electron chi connectivity index (χ1n) is 6.92. The summed E-state index contributed by atoms with van der Waals surface area (Å²) in [6.45, 7) is 2.42. The SMILES string of the molecule is Cc1cccc2c1OCC/C(=C/c1cccc(O)c1)C2=O. The summed E-state index contributed by atoms with van der Waals surface area (Å²) >= 11 is 0. The molecule has 1 heterocycles. The van der Waals surface area contributed by atoms with Crippen molar-refractivity contribution in [3.05, 3.63) is 64.7 Å². The third kappa shape index (κ3) is 2.68. The predicted molar refractivity (Wildman–Crippen MR) is 81.7 cm³/mol. The van der Waals surface area contributed by atoms with E-state index in [1.165, 1.54) is 0 Å². The van der Waals surface area contributed by atoms with Crippen LogP contribution in [0.2, 0.25) is 0 Å². The fraction of sp³-hybridized carbons (Fsp3) is 0.167. The highest BCUT2D eigenvalue weighted by Gasteiger charge is 2.22. The number of aromatic hydroxyl groups is 1. The highest BCUT2D eigenvalue weighted by Crippen LogP contribution is 2.30. The second-order valence-corrected chi connectivity index (χ2v) is 5.14. The summed E-state index contributed by atoms with van der Waals surface area (Å²) in [5, 5.41) is 9.52. The zero-order valence-electron chi connectivity index (χ0n) is 11.8. The molecule has 0 aliphatic carbocycles. The summed E-state index contributed by atoms with van der Waals surface area (Å²) in [5.74, 6) is 0.870. The van der Waals surface area contributed by atoms with Crippen LogP contribution in [-0.4, -0.2) is 17.5 Å². The number of hydrogen-bond acceptors (Lipinski definition) is 3. The summed E-state index contributed by atoms with van der Waals surface area (Å²) < 4.78 is 5.73. The Bertz CT molecular complexity index is 729. The third-order valence-corrected chi connectivity index (χ3v) is 3.58. The number of benzene rings is 2. The molecule has 3 heteroatoms. The van der Waals surface area contributed by atoms with E-state index in [4.69, 9.17) is 4.74 Å². The van der Waals surface area contributed by atoms with Crippen molar-refractivity contribution in [3.63, 3.8) is 0 Å². The van der Waals surface area contributed by atoms with Crippen LogP contribution in [-0.2, 0) is 0 Å². The molecule has 0 saturated heterocycles. The number of Topliss-reactive ketones (excluding diaryl/α,β-unsaturated/α-hetero) is 1. The molecule has 3 nitrogen and oxygen atoms in total. The number of para-hydroxylation sites is 1. The minimum atomic E-state index is -0.00505. The van der Waals surface area contributed by atoms with Gasteiger partial charge >= 0.3 is 0 Å². The smallest absolute Gasteiger partial charge is 0.192 e. The van der Waals surface area contributed by atoms with Gasteiger partial charge in [0, 0.05) is 12.0 Å². The number of ether oxygens (including phenoxy) is 1. The Morgan fingerprint density at radius 1 is 1.19 bits per heavy atom. The van der Waals surface area contributed by atoms with E-state index in [-0.39, 0.29) is 11.5 Å². The van der Waals surface area contributed by atoms with Crippen LogP contribution >= 0.6 is 0 Å². The monoisotopic (exact) mass is 280 g/mol. The number of phenols is 1. The van der Waals surface area contributed by atoms with Crippen molar-refractivity contribution < 1.29 is 14.6 Å². The van der Waals surface area contributed by atoms with Crippen LogP contribution in [0.3, 0.4) is 0 Å². The predicted octanol–water partition coefficient (Wildman–Crippen LogP) is 3.75. The van der Waals surface area contributed by atoms with Gasteiger partial charge in [-0.2, -0.15) is 0 Å². The molecule has 3 rings (SSSR count). The van der Waals surface area contributed by atoms with E-state index in [2.05, 4.69) is 0 Å². The fourth-order valence-corrected chi connectivity index (χ4v) is 2.53. The van der Waals surface area contributed by atoms with E-state index in [9.17, 15) is 9.90 Å². The minimum Gasteiger partial charge on any atom is -0.508 e. The average molecular weight is 280 g/mol. The van der Waals surface area contributed by atoms with Crippen LogP contribution in [0.25, 0.3) is 6.08 Å². The first kappa shape index (κ1) is 13.4. The lowest BCUT2D eigenvalue weighted by Crippen LogP contribution is -2.02. The van der Waals surface area contributed by atoms with E-state index in [0.29, 0.717) is 29.9 Å². The quantitative estimate of drug-likeness (QED) is 0.809. The van der Waals surface area contributed by atoms with Crippen LogP contribution in [0, 0.1) is 6.92 Å². The van der Waals surface area contributed by atoms with Gasteiger partial charge in [-0.3, -0.25) is 4.79 Å². The Morgan fingerprint density at radius 3 is 2.81 bits per heavy atom. The van der Waals surface area contributed by atoms with E-state index >= 15 is 0 Å². The van der Waals surface area contributed by atoms with Gasteiger partial charge in [0.1, 0.15) is 11.5 Å². The highest BCUT2D eigenvalue weighted by molar-refractivity contribution is 6.13. The molecule has 0 saturated carbocycles. The number of aryl methyl sites for hydroxylation is 1. The molecular formula is C18H16O3. The molecule has 0 atom stereocenters. The van der Waals surface area contributed by atoms with E-state index in [1.54, 1.807) is 24.3 Å². The Balaban J connectivity index is 2.03. The maximum Gasteiger partial charge on any atom is 0.192 e. The van der Waals surface area contributed by atoms with Gasteiger partial charge in [0.25, 0.3) is 0 Å². The molecule has 0 unspecified atom stereocenters. The van der Waals surface area contributed by atoms with E-state index < -0.39 is 0 Å². The summed E-state index contributed by atoms with van der Waals surface area (Å²) in [6.07, 6.45) is 2.38. The van der Waals surface area contributed by atoms with Crippen molar-refractivity contribution >= 4 is 11.9 Å². The molecular weight excluding hydrogens is 264 g/mol. The summed E-state index contributed by atoms with van der Waals surface area (Å²) in [4.78, 5) is 12.7. The molecule has 1 aliphatic heterocycles. The number of phenolic OH excluding ortho intramolecular Hbond substituents is 1. The molecule has 1 N–H and O–H groups in total. The van der Waals surface area contributed by atoms with Crippen LogP contribution in [0.15, 0.2) is 48.0 Å². The largest absolute Gasteiger partial charge is 0.508 e. The molecule has 0 bridgehead atoms. The Morgan fingerprint density at radius 2 is 2.00 bits per heavy atom. The number of fused-ring (bicyclic) bond motifs is 1. The number of ketones is 1. The van der Waals surface area contributed by atoms with Gasteiger partial charge in [-0.15, -0.1) is 0 Å². The second kappa shape index (κ2) is 5.44. The molecule has 2 aromatic rings. The normalized spacial score (nSPS) is 16.2. The maximum absolute atomic E-state index is 12.7. The van der Waals surface area contributed by atoms with Gasteiger partial charge in [0.15, 0.2) is 5.78 Å². The van der Waals surface area contributed by atoms with Crippen molar-refractivity contribution in [1.29, 1.82) is 0 Å². The molecule has 106 valence electrons. The number of hydrogen-bond donors (Lipinski definition) is 1. The molecule has 0 fully saturated rings. The lowest BCUT2D eigenvalue weighted by Gasteiger charge is -2.08. The van der Waals surface area contributed by atoms with Crippen molar-refractivity contribution in [2.24, 2.45) is 0 Å². The topological polar surface area (TPSA) is 46.5 Å². The lowest BCUT2D eigenvalue weighted by atomic mass is 9.98. The van der Waals surface area contributed by atoms with Crippen molar-refractivity contribution in [2.75, 3.05) is 6.61 Å². The van der Waals surface area contributed by atoms with Crippen molar-refractivity contribution in [3.8, 4) is 11.5 Å². The van der Waals surface area contributed by atoms with Crippen molar-refractivity contribution in [1.82, 2.24) is 0 Å². The third-order valence-electron chi connectivity index (χ3n) is 3.58. The van der Waals surface area contributed by atoms with Crippen molar-refractivity contribution in [2.45, 2.75) is 13.3 Å². The zero-order chi connectivity index (χ0) is 14.8. The first-order chi connectivity index (χ1) is 10.1. The van der Waals surface area contributed by atoms with E-state index in [1.807, 2.05) is 31.2 Å². The van der Waals surface area contributed by atoms with Gasteiger partial charge in [-0.1, -0.05) is 24.3 Å². The molecule has 0 amide bonds. The number of carbonyl (C=O) groups is 1. The minimum absolute atomic E-state index is 0.00505. The first-order valence-corrected chi connectivity index (χ1v) is 6.92. The van der Waals surface area contributed by atoms with E-state index in [0.717, 1.165) is 11.1 Å². The van der Waals surface area contributed by atoms with Gasteiger partial charge in [-0.05, 0) is 42.3 Å². The van der Waals surface area contributed by atoms with Crippen LogP contribution in [0.4, 0.5) is 0 Å². The number of carbonyl (C=O) groups excluding carboxylic acids is 1.